The molecule has 1 aliphatic heterocycles. The van der Waals surface area contributed by atoms with Gasteiger partial charge in [-0.05, 0) is 36.6 Å². The molecule has 1 aliphatic carbocycles. The highest BCUT2D eigenvalue weighted by Gasteiger charge is 2.27. The minimum Gasteiger partial charge on any atom is -0.486 e. The maximum absolute atomic E-state index is 12.9. The number of hydrogen-bond donors (Lipinski definition) is 0. The molecule has 0 unspecified atom stereocenters. The first-order chi connectivity index (χ1) is 12.3. The lowest BCUT2D eigenvalue weighted by Gasteiger charge is -2.30. The van der Waals surface area contributed by atoms with E-state index in [1.165, 1.54) is 12.8 Å². The third kappa shape index (κ3) is 3.62. The molecule has 2 aliphatic rings. The molecule has 0 saturated heterocycles. The van der Waals surface area contributed by atoms with Crippen molar-refractivity contribution in [3.8, 4) is 11.5 Å². The number of carbonyl (C=O) groups excluding carboxylic acids is 1. The minimum absolute atomic E-state index is 0.116. The Kier molecular flexibility index (Phi) is 4.59. The van der Waals surface area contributed by atoms with E-state index in [0.29, 0.717) is 25.8 Å². The molecule has 1 fully saturated rings. The van der Waals surface area contributed by atoms with Crippen molar-refractivity contribution in [2.75, 3.05) is 13.2 Å². The Morgan fingerprint density at radius 3 is 2.76 bits per heavy atom. The van der Waals surface area contributed by atoms with Crippen LogP contribution in [0, 0.1) is 0 Å². The molecular formula is C19H23N3O3. The van der Waals surface area contributed by atoms with Crippen LogP contribution in [0.15, 0.2) is 36.7 Å². The summed E-state index contributed by atoms with van der Waals surface area (Å²) in [6, 6.07) is 8.12. The largest absolute Gasteiger partial charge is 0.486 e. The van der Waals surface area contributed by atoms with Crippen molar-refractivity contribution in [2.45, 2.75) is 44.8 Å². The average Bonchev–Trinajstić information content (AvgIpc) is 3.33. The molecule has 132 valence electrons. The minimum atomic E-state index is 0.116. The number of hydrogen-bond acceptors (Lipinski definition) is 4. The Bertz CT molecular complexity index is 724. The number of benzene rings is 1. The van der Waals surface area contributed by atoms with E-state index in [2.05, 4.69) is 5.10 Å². The first-order valence-electron chi connectivity index (χ1n) is 8.95. The Hall–Kier alpha value is -2.50. The van der Waals surface area contributed by atoms with Crippen LogP contribution in [0.4, 0.5) is 0 Å². The summed E-state index contributed by atoms with van der Waals surface area (Å²) in [6.07, 6.45) is 8.07. The quantitative estimate of drug-likeness (QED) is 0.839. The Morgan fingerprint density at radius 1 is 1.20 bits per heavy atom. The van der Waals surface area contributed by atoms with Crippen LogP contribution >= 0.6 is 0 Å². The molecule has 0 spiro atoms. The Morgan fingerprint density at radius 2 is 2.00 bits per heavy atom. The first kappa shape index (κ1) is 16.0. The molecule has 0 bridgehead atoms. The number of aromatic nitrogens is 2. The molecule has 0 N–H and O–H groups in total. The predicted octanol–water partition coefficient (Wildman–Crippen LogP) is 2.63. The lowest BCUT2D eigenvalue weighted by molar-refractivity contribution is -0.135. The lowest BCUT2D eigenvalue weighted by atomic mass is 10.1. The van der Waals surface area contributed by atoms with Crippen LogP contribution in [0.25, 0.3) is 0 Å². The third-order valence-electron chi connectivity index (χ3n) is 4.90. The van der Waals surface area contributed by atoms with E-state index in [1.54, 1.807) is 10.9 Å². The van der Waals surface area contributed by atoms with Crippen molar-refractivity contribution in [1.82, 2.24) is 14.7 Å². The molecular weight excluding hydrogens is 318 g/mol. The zero-order valence-corrected chi connectivity index (χ0v) is 14.3. The van der Waals surface area contributed by atoms with E-state index in [1.807, 2.05) is 35.4 Å². The van der Waals surface area contributed by atoms with Gasteiger partial charge in [-0.15, -0.1) is 0 Å². The molecule has 1 aromatic heterocycles. The molecule has 2 heterocycles. The fraction of sp³-hybridized carbons (Fsp3) is 0.474. The van der Waals surface area contributed by atoms with Crippen molar-refractivity contribution in [2.24, 2.45) is 0 Å². The summed E-state index contributed by atoms with van der Waals surface area (Å²) in [7, 11) is 0. The van der Waals surface area contributed by atoms with E-state index in [-0.39, 0.29) is 12.5 Å². The number of ether oxygens (including phenoxy) is 2. The molecule has 25 heavy (non-hydrogen) atoms. The summed E-state index contributed by atoms with van der Waals surface area (Å²) in [4.78, 5) is 14.9. The second-order valence-corrected chi connectivity index (χ2v) is 6.64. The highest BCUT2D eigenvalue weighted by molar-refractivity contribution is 5.76. The first-order valence-corrected chi connectivity index (χ1v) is 8.95. The fourth-order valence-electron chi connectivity index (χ4n) is 3.64. The molecule has 0 atom stereocenters. The van der Waals surface area contributed by atoms with Crippen LogP contribution in [0.1, 0.15) is 31.2 Å². The average molecular weight is 341 g/mol. The van der Waals surface area contributed by atoms with Gasteiger partial charge in [0.25, 0.3) is 0 Å². The van der Waals surface area contributed by atoms with E-state index < -0.39 is 0 Å². The number of rotatable bonds is 5. The van der Waals surface area contributed by atoms with Crippen LogP contribution in [0.2, 0.25) is 0 Å². The SMILES string of the molecule is O=C(Cn1cccn1)N(Cc1ccc2c(c1)OCCO2)C1CCCC1. The van der Waals surface area contributed by atoms with Crippen LogP contribution < -0.4 is 9.47 Å². The Balaban J connectivity index is 1.52. The van der Waals surface area contributed by atoms with Gasteiger partial charge < -0.3 is 14.4 Å². The van der Waals surface area contributed by atoms with Gasteiger partial charge in [0.15, 0.2) is 11.5 Å². The zero-order valence-electron chi connectivity index (χ0n) is 14.3. The van der Waals surface area contributed by atoms with Crippen molar-refractivity contribution in [1.29, 1.82) is 0 Å². The fourth-order valence-corrected chi connectivity index (χ4v) is 3.64. The van der Waals surface area contributed by atoms with Crippen LogP contribution in [-0.4, -0.2) is 39.8 Å². The highest BCUT2D eigenvalue weighted by atomic mass is 16.6. The predicted molar refractivity (Wildman–Crippen MR) is 92.5 cm³/mol. The second kappa shape index (κ2) is 7.17. The van der Waals surface area contributed by atoms with E-state index in [9.17, 15) is 4.79 Å². The Labute approximate surface area is 147 Å². The molecule has 0 radical (unpaired) electrons. The summed E-state index contributed by atoms with van der Waals surface area (Å²) >= 11 is 0. The molecule has 1 saturated carbocycles. The maximum Gasteiger partial charge on any atom is 0.244 e. The van der Waals surface area contributed by atoms with Crippen molar-refractivity contribution in [3.63, 3.8) is 0 Å². The van der Waals surface area contributed by atoms with Gasteiger partial charge >= 0.3 is 0 Å². The second-order valence-electron chi connectivity index (χ2n) is 6.64. The van der Waals surface area contributed by atoms with Crippen LogP contribution in [-0.2, 0) is 17.9 Å². The molecule has 6 nitrogen and oxygen atoms in total. The summed E-state index contributed by atoms with van der Waals surface area (Å²) in [5, 5.41) is 4.16. The summed E-state index contributed by atoms with van der Waals surface area (Å²) in [5.41, 5.74) is 1.07. The number of nitrogens with zero attached hydrogens (tertiary/aromatic N) is 3. The normalized spacial score (nSPS) is 16.8. The van der Waals surface area contributed by atoms with Gasteiger partial charge in [-0.25, -0.2) is 0 Å². The number of amides is 1. The summed E-state index contributed by atoms with van der Waals surface area (Å²) in [6.45, 7) is 2.04. The lowest BCUT2D eigenvalue weighted by Crippen LogP contribution is -2.40. The monoisotopic (exact) mass is 341 g/mol. The van der Waals surface area contributed by atoms with Gasteiger partial charge in [0, 0.05) is 25.0 Å². The topological polar surface area (TPSA) is 56.6 Å². The van der Waals surface area contributed by atoms with Gasteiger partial charge in [-0.1, -0.05) is 18.9 Å². The molecule has 4 rings (SSSR count). The zero-order chi connectivity index (χ0) is 17.1. The van der Waals surface area contributed by atoms with E-state index in [0.717, 1.165) is 29.9 Å². The summed E-state index contributed by atoms with van der Waals surface area (Å²) in [5.74, 6) is 1.67. The van der Waals surface area contributed by atoms with Gasteiger partial charge in [-0.2, -0.15) is 5.10 Å². The highest BCUT2D eigenvalue weighted by Crippen LogP contribution is 2.32. The van der Waals surface area contributed by atoms with Crippen LogP contribution in [0.3, 0.4) is 0 Å². The molecule has 2 aromatic rings. The van der Waals surface area contributed by atoms with Crippen molar-refractivity contribution in [3.05, 3.63) is 42.2 Å². The van der Waals surface area contributed by atoms with Crippen molar-refractivity contribution < 1.29 is 14.3 Å². The van der Waals surface area contributed by atoms with Crippen LogP contribution in [0.5, 0.6) is 11.5 Å². The van der Waals surface area contributed by atoms with E-state index in [4.69, 9.17) is 9.47 Å². The number of carbonyl (C=O) groups is 1. The van der Waals surface area contributed by atoms with Gasteiger partial charge in [-0.3, -0.25) is 9.48 Å². The maximum atomic E-state index is 12.9. The van der Waals surface area contributed by atoms with Gasteiger partial charge in [0.1, 0.15) is 19.8 Å². The van der Waals surface area contributed by atoms with Gasteiger partial charge in [0.05, 0.1) is 0 Å². The van der Waals surface area contributed by atoms with E-state index >= 15 is 0 Å². The number of fused-ring (bicyclic) bond motifs is 1. The third-order valence-corrected chi connectivity index (χ3v) is 4.90. The molecule has 6 heteroatoms. The standard InChI is InChI=1S/C19H23N3O3/c23-19(14-21-9-3-8-20-21)22(16-4-1-2-5-16)13-15-6-7-17-18(12-15)25-11-10-24-17/h3,6-9,12,16H,1-2,4-5,10-11,13-14H2. The molecule has 1 aromatic carbocycles. The smallest absolute Gasteiger partial charge is 0.244 e. The van der Waals surface area contributed by atoms with Crippen molar-refractivity contribution >= 4 is 5.91 Å². The molecule has 1 amide bonds. The summed E-state index contributed by atoms with van der Waals surface area (Å²) < 4.78 is 12.9. The van der Waals surface area contributed by atoms with Gasteiger partial charge in [0.2, 0.25) is 5.91 Å².